The van der Waals surface area contributed by atoms with Gasteiger partial charge in [0.1, 0.15) is 12.1 Å². The Morgan fingerprint density at radius 3 is 2.52 bits per heavy atom. The molecule has 6 heteroatoms. The highest BCUT2D eigenvalue weighted by molar-refractivity contribution is 5.93. The van der Waals surface area contributed by atoms with Crippen LogP contribution in [0.4, 0.5) is 4.39 Å². The van der Waals surface area contributed by atoms with E-state index in [2.05, 4.69) is 5.32 Å². The summed E-state index contributed by atoms with van der Waals surface area (Å²) in [5.74, 6) is -0.607. The van der Waals surface area contributed by atoms with Crippen LogP contribution in [0.3, 0.4) is 0 Å². The van der Waals surface area contributed by atoms with Crippen molar-refractivity contribution >= 4 is 17.9 Å². The van der Waals surface area contributed by atoms with Crippen molar-refractivity contribution in [1.29, 1.82) is 0 Å². The number of aldehydes is 1. The second-order valence-corrected chi connectivity index (χ2v) is 5.64. The van der Waals surface area contributed by atoms with E-state index in [-0.39, 0.29) is 17.0 Å². The second-order valence-electron chi connectivity index (χ2n) is 5.64. The van der Waals surface area contributed by atoms with Gasteiger partial charge in [-0.05, 0) is 42.7 Å². The van der Waals surface area contributed by atoms with Gasteiger partial charge in [-0.25, -0.2) is 4.39 Å². The van der Waals surface area contributed by atoms with Gasteiger partial charge in [0.25, 0.3) is 5.91 Å². The van der Waals surface area contributed by atoms with E-state index in [4.69, 9.17) is 11.5 Å². The number of carbonyl (C=O) groups excluding carboxylic acids is 2. The predicted molar refractivity (Wildman–Crippen MR) is 88.8 cm³/mol. The van der Waals surface area contributed by atoms with Crippen LogP contribution in [0.2, 0.25) is 0 Å². The van der Waals surface area contributed by atoms with E-state index in [1.165, 1.54) is 18.2 Å². The third-order valence-corrected chi connectivity index (χ3v) is 3.19. The van der Waals surface area contributed by atoms with E-state index in [0.717, 1.165) is 6.07 Å². The molecular weight excluding hydrogens is 297 g/mol. The highest BCUT2D eigenvalue weighted by Gasteiger charge is 2.09. The van der Waals surface area contributed by atoms with Crippen molar-refractivity contribution in [3.05, 3.63) is 52.5 Å². The van der Waals surface area contributed by atoms with Crippen LogP contribution in [0.5, 0.6) is 0 Å². The van der Waals surface area contributed by atoms with Crippen LogP contribution in [0.15, 0.2) is 30.0 Å². The first kappa shape index (κ1) is 18.4. The summed E-state index contributed by atoms with van der Waals surface area (Å²) in [4.78, 5) is 22.6. The molecule has 124 valence electrons. The molecule has 5 N–H and O–H groups in total. The van der Waals surface area contributed by atoms with Crippen LogP contribution in [0.1, 0.15) is 35.3 Å². The van der Waals surface area contributed by atoms with Crippen LogP contribution in [-0.4, -0.2) is 18.7 Å². The zero-order valence-electron chi connectivity index (χ0n) is 13.5. The van der Waals surface area contributed by atoms with Crippen LogP contribution in [-0.2, 0) is 4.79 Å². The first-order valence-corrected chi connectivity index (χ1v) is 7.23. The number of nitrogens with two attached hydrogens (primary N) is 2. The minimum Gasteiger partial charge on any atom is -0.398 e. The third-order valence-electron chi connectivity index (χ3n) is 3.19. The number of amides is 1. The highest BCUT2D eigenvalue weighted by atomic mass is 19.1. The summed E-state index contributed by atoms with van der Waals surface area (Å²) in [7, 11) is 0. The minimum atomic E-state index is -0.521. The SMILES string of the molecule is Cc1c(F)cc(C=O)cc1/C(N)=C/C=C(\N)C(=O)NCC(C)C. The highest BCUT2D eigenvalue weighted by Crippen LogP contribution is 2.20. The summed E-state index contributed by atoms with van der Waals surface area (Å²) in [6.45, 7) is 6.01. The third kappa shape index (κ3) is 5.25. The van der Waals surface area contributed by atoms with Crippen molar-refractivity contribution in [1.82, 2.24) is 5.32 Å². The Labute approximate surface area is 135 Å². The monoisotopic (exact) mass is 319 g/mol. The molecule has 5 nitrogen and oxygen atoms in total. The van der Waals surface area contributed by atoms with Crippen LogP contribution >= 0.6 is 0 Å². The molecular formula is C17H22FN3O2. The van der Waals surface area contributed by atoms with Crippen molar-refractivity contribution in [2.24, 2.45) is 17.4 Å². The minimum absolute atomic E-state index is 0.00160. The first-order valence-electron chi connectivity index (χ1n) is 7.23. The van der Waals surface area contributed by atoms with E-state index in [0.29, 0.717) is 29.9 Å². The Bertz CT molecular complexity index is 664. The molecule has 0 unspecified atom stereocenters. The van der Waals surface area contributed by atoms with Crippen molar-refractivity contribution in [3.63, 3.8) is 0 Å². The zero-order valence-corrected chi connectivity index (χ0v) is 13.5. The number of halogens is 1. The lowest BCUT2D eigenvalue weighted by atomic mass is 10.0. The number of benzene rings is 1. The predicted octanol–water partition coefficient (Wildman–Crippen LogP) is 1.86. The van der Waals surface area contributed by atoms with Crippen molar-refractivity contribution in [2.75, 3.05) is 6.54 Å². The van der Waals surface area contributed by atoms with E-state index in [1.807, 2.05) is 13.8 Å². The van der Waals surface area contributed by atoms with Crippen LogP contribution in [0, 0.1) is 18.7 Å². The molecule has 1 aromatic rings. The summed E-state index contributed by atoms with van der Waals surface area (Å²) in [6, 6.07) is 2.63. The Morgan fingerprint density at radius 2 is 1.96 bits per heavy atom. The molecule has 23 heavy (non-hydrogen) atoms. The van der Waals surface area contributed by atoms with Crippen molar-refractivity contribution in [2.45, 2.75) is 20.8 Å². The lowest BCUT2D eigenvalue weighted by molar-refractivity contribution is -0.117. The Hall–Kier alpha value is -2.63. The van der Waals surface area contributed by atoms with E-state index in [9.17, 15) is 14.0 Å². The summed E-state index contributed by atoms with van der Waals surface area (Å²) >= 11 is 0. The molecule has 0 aromatic heterocycles. The molecule has 0 aliphatic heterocycles. The number of hydrogen-bond donors (Lipinski definition) is 3. The molecule has 0 aliphatic carbocycles. The van der Waals surface area contributed by atoms with Gasteiger partial charge in [-0.1, -0.05) is 13.8 Å². The first-order chi connectivity index (χ1) is 10.8. The Balaban J connectivity index is 3.00. The number of allylic oxidation sites excluding steroid dienone is 2. The van der Waals surface area contributed by atoms with Gasteiger partial charge in [0.2, 0.25) is 0 Å². The smallest absolute Gasteiger partial charge is 0.267 e. The number of rotatable bonds is 6. The fourth-order valence-electron chi connectivity index (χ4n) is 1.81. The fourth-order valence-corrected chi connectivity index (χ4v) is 1.81. The molecule has 0 saturated carbocycles. The normalized spacial score (nSPS) is 12.4. The quantitative estimate of drug-likeness (QED) is 0.423. The van der Waals surface area contributed by atoms with Crippen LogP contribution in [0.25, 0.3) is 5.70 Å². The molecule has 1 rings (SSSR count). The lowest BCUT2D eigenvalue weighted by Gasteiger charge is -2.09. The maximum absolute atomic E-state index is 13.7. The lowest BCUT2D eigenvalue weighted by Crippen LogP contribution is -2.31. The van der Waals surface area contributed by atoms with E-state index < -0.39 is 11.7 Å². The van der Waals surface area contributed by atoms with Gasteiger partial charge in [0, 0.05) is 23.4 Å². The molecule has 0 spiro atoms. The maximum Gasteiger partial charge on any atom is 0.267 e. The molecule has 0 atom stereocenters. The number of carbonyl (C=O) groups is 2. The van der Waals surface area contributed by atoms with Crippen LogP contribution < -0.4 is 16.8 Å². The molecule has 0 bridgehead atoms. The number of nitrogens with one attached hydrogen (secondary N) is 1. The average Bonchev–Trinajstić information content (AvgIpc) is 2.52. The van der Waals surface area contributed by atoms with Crippen molar-refractivity contribution < 1.29 is 14.0 Å². The Morgan fingerprint density at radius 1 is 1.30 bits per heavy atom. The maximum atomic E-state index is 13.7. The molecule has 0 fully saturated rings. The summed E-state index contributed by atoms with van der Waals surface area (Å²) in [6.07, 6.45) is 3.32. The average molecular weight is 319 g/mol. The Kier molecular flexibility index (Phi) is 6.50. The van der Waals surface area contributed by atoms with Gasteiger partial charge in [0.15, 0.2) is 0 Å². The van der Waals surface area contributed by atoms with E-state index in [1.54, 1.807) is 6.92 Å². The van der Waals surface area contributed by atoms with Gasteiger partial charge >= 0.3 is 0 Å². The van der Waals surface area contributed by atoms with E-state index >= 15 is 0 Å². The molecule has 0 aliphatic rings. The fraction of sp³-hybridized carbons (Fsp3) is 0.294. The van der Waals surface area contributed by atoms with Gasteiger partial charge in [-0.2, -0.15) is 0 Å². The summed E-state index contributed by atoms with van der Waals surface area (Å²) in [5.41, 5.74) is 12.7. The summed E-state index contributed by atoms with van der Waals surface area (Å²) < 4.78 is 13.7. The molecule has 0 heterocycles. The summed E-state index contributed by atoms with van der Waals surface area (Å²) in [5, 5.41) is 2.68. The van der Waals surface area contributed by atoms with Gasteiger partial charge in [0.05, 0.1) is 5.70 Å². The van der Waals surface area contributed by atoms with Gasteiger partial charge < -0.3 is 16.8 Å². The molecule has 1 aromatic carbocycles. The molecule has 0 radical (unpaired) electrons. The zero-order chi connectivity index (χ0) is 17.6. The number of hydrogen-bond acceptors (Lipinski definition) is 4. The topological polar surface area (TPSA) is 98.2 Å². The second kappa shape index (κ2) is 8.12. The molecule has 0 saturated heterocycles. The van der Waals surface area contributed by atoms with Gasteiger partial charge in [-0.15, -0.1) is 0 Å². The van der Waals surface area contributed by atoms with Gasteiger partial charge in [-0.3, -0.25) is 9.59 Å². The van der Waals surface area contributed by atoms with Crippen molar-refractivity contribution in [3.8, 4) is 0 Å². The largest absolute Gasteiger partial charge is 0.398 e. The molecule has 1 amide bonds. The standard InChI is InChI=1S/C17H22FN3O2/c1-10(2)8-21-17(23)16(20)5-4-15(19)13-6-12(9-22)7-14(18)11(13)3/h4-7,9-10H,8,19-20H2,1-3H3,(H,21,23)/b15-4-,16-5-.